The van der Waals surface area contributed by atoms with Crippen molar-refractivity contribution in [3.63, 3.8) is 0 Å². The van der Waals surface area contributed by atoms with Gasteiger partial charge < -0.3 is 5.32 Å². The minimum atomic E-state index is -0.198. The number of benzene rings is 3. The fourth-order valence-corrected chi connectivity index (χ4v) is 3.88. The van der Waals surface area contributed by atoms with E-state index < -0.39 is 0 Å². The first-order valence-electron chi connectivity index (χ1n) is 11.7. The third-order valence-electron chi connectivity index (χ3n) is 5.83. The van der Waals surface area contributed by atoms with Gasteiger partial charge in [-0.2, -0.15) is 5.10 Å². The topological polar surface area (TPSA) is 67.2 Å². The van der Waals surface area contributed by atoms with Gasteiger partial charge in [0.1, 0.15) is 5.82 Å². The van der Waals surface area contributed by atoms with E-state index in [9.17, 15) is 9.59 Å². The Bertz CT molecular complexity index is 1370. The maximum atomic E-state index is 13.3. The number of amides is 2. The van der Waals surface area contributed by atoms with Crippen LogP contribution in [0.2, 0.25) is 5.02 Å². The smallest absolute Gasteiger partial charge is 0.255 e. The molecule has 7 heteroatoms. The third-order valence-corrected chi connectivity index (χ3v) is 6.07. The first-order valence-corrected chi connectivity index (χ1v) is 12.1. The SMILES string of the molecule is CN(C(=O)Cc1ccc(C(=O)Nc2ccccc2)cc1)c1cc(C(C)(C)C)nn1-c1cccc(Cl)c1. The molecule has 3 aromatic carbocycles. The molecule has 6 nitrogen and oxygen atoms in total. The van der Waals surface area contributed by atoms with E-state index in [0.29, 0.717) is 16.4 Å². The van der Waals surface area contributed by atoms with Crippen molar-refractivity contribution in [2.24, 2.45) is 0 Å². The van der Waals surface area contributed by atoms with E-state index in [-0.39, 0.29) is 23.7 Å². The Balaban J connectivity index is 1.52. The summed E-state index contributed by atoms with van der Waals surface area (Å²) in [6.07, 6.45) is 0.183. The summed E-state index contributed by atoms with van der Waals surface area (Å²) >= 11 is 6.22. The third kappa shape index (κ3) is 5.83. The molecular weight excluding hydrogens is 472 g/mol. The summed E-state index contributed by atoms with van der Waals surface area (Å²) in [6.45, 7) is 6.25. The van der Waals surface area contributed by atoms with Crippen LogP contribution in [0.15, 0.2) is 84.9 Å². The Hall–Kier alpha value is -3.90. The summed E-state index contributed by atoms with van der Waals surface area (Å²) in [5.74, 6) is 0.363. The molecule has 36 heavy (non-hydrogen) atoms. The van der Waals surface area contributed by atoms with Crippen LogP contribution in [0, 0.1) is 0 Å². The number of anilines is 2. The van der Waals surface area contributed by atoms with Gasteiger partial charge in [0, 0.05) is 34.8 Å². The molecule has 0 unspecified atom stereocenters. The molecule has 0 aliphatic heterocycles. The van der Waals surface area contributed by atoms with Crippen molar-refractivity contribution in [1.82, 2.24) is 9.78 Å². The molecule has 1 heterocycles. The van der Waals surface area contributed by atoms with Crippen LogP contribution in [0.25, 0.3) is 5.69 Å². The number of hydrogen-bond donors (Lipinski definition) is 1. The number of carbonyl (C=O) groups excluding carboxylic acids is 2. The molecular formula is C29H29ClN4O2. The van der Waals surface area contributed by atoms with E-state index >= 15 is 0 Å². The average molecular weight is 501 g/mol. The molecule has 0 aliphatic carbocycles. The second-order valence-corrected chi connectivity index (χ2v) is 10.1. The van der Waals surface area contributed by atoms with Crippen molar-refractivity contribution in [3.05, 3.63) is 107 Å². The Kier molecular flexibility index (Phi) is 7.27. The summed E-state index contributed by atoms with van der Waals surface area (Å²) in [7, 11) is 1.74. The molecule has 1 aromatic heterocycles. The number of likely N-dealkylation sites (N-methyl/N-ethyl adjacent to an activating group) is 1. The molecule has 184 valence electrons. The lowest BCUT2D eigenvalue weighted by molar-refractivity contribution is -0.117. The number of halogens is 1. The van der Waals surface area contributed by atoms with Gasteiger partial charge in [-0.15, -0.1) is 0 Å². The Morgan fingerprint density at radius 3 is 2.28 bits per heavy atom. The second-order valence-electron chi connectivity index (χ2n) is 9.68. The molecule has 1 N–H and O–H groups in total. The van der Waals surface area contributed by atoms with Crippen LogP contribution in [-0.2, 0) is 16.6 Å². The summed E-state index contributed by atoms with van der Waals surface area (Å²) in [5, 5.41) is 8.25. The van der Waals surface area contributed by atoms with Crippen molar-refractivity contribution in [3.8, 4) is 5.69 Å². The van der Waals surface area contributed by atoms with Gasteiger partial charge in [-0.1, -0.05) is 68.8 Å². The van der Waals surface area contributed by atoms with Gasteiger partial charge in [-0.25, -0.2) is 4.68 Å². The van der Waals surface area contributed by atoms with E-state index in [4.69, 9.17) is 16.7 Å². The van der Waals surface area contributed by atoms with E-state index in [2.05, 4.69) is 26.1 Å². The minimum Gasteiger partial charge on any atom is -0.322 e. The van der Waals surface area contributed by atoms with Crippen LogP contribution in [0.1, 0.15) is 42.4 Å². The molecule has 0 fully saturated rings. The zero-order valence-corrected chi connectivity index (χ0v) is 21.6. The number of carbonyl (C=O) groups is 2. The Labute approximate surface area is 216 Å². The van der Waals surface area contributed by atoms with Gasteiger partial charge in [0.05, 0.1) is 17.8 Å². The second kappa shape index (κ2) is 10.4. The van der Waals surface area contributed by atoms with E-state index in [1.165, 1.54) is 0 Å². The van der Waals surface area contributed by atoms with Crippen LogP contribution < -0.4 is 10.2 Å². The summed E-state index contributed by atoms with van der Waals surface area (Å²) in [4.78, 5) is 27.4. The average Bonchev–Trinajstić information content (AvgIpc) is 3.31. The number of aromatic nitrogens is 2. The number of hydrogen-bond acceptors (Lipinski definition) is 3. The first-order chi connectivity index (χ1) is 17.1. The maximum Gasteiger partial charge on any atom is 0.255 e. The number of nitrogens with zero attached hydrogens (tertiary/aromatic N) is 3. The molecule has 0 spiro atoms. The van der Waals surface area contributed by atoms with Crippen LogP contribution >= 0.6 is 11.6 Å². The standard InChI is InChI=1S/C29H29ClN4O2/c1-29(2,3)25-19-26(34(32-25)24-12-8-9-22(30)18-24)33(4)27(35)17-20-13-15-21(16-14-20)28(36)31-23-10-6-5-7-11-23/h5-16,18-19H,17H2,1-4H3,(H,31,36). The first kappa shape index (κ1) is 25.2. The highest BCUT2D eigenvalue weighted by molar-refractivity contribution is 6.30. The van der Waals surface area contributed by atoms with Gasteiger partial charge in [-0.05, 0) is 48.0 Å². The molecule has 2 amide bonds. The van der Waals surface area contributed by atoms with Crippen molar-refractivity contribution >= 4 is 34.9 Å². The van der Waals surface area contributed by atoms with Gasteiger partial charge in [0.25, 0.3) is 5.91 Å². The van der Waals surface area contributed by atoms with Gasteiger partial charge in [0.15, 0.2) is 0 Å². The number of rotatable bonds is 6. The lowest BCUT2D eigenvalue weighted by Gasteiger charge is -2.19. The predicted octanol–water partition coefficient (Wildman–Crippen LogP) is 6.28. The highest BCUT2D eigenvalue weighted by atomic mass is 35.5. The van der Waals surface area contributed by atoms with Crippen molar-refractivity contribution in [2.75, 3.05) is 17.3 Å². The van der Waals surface area contributed by atoms with Gasteiger partial charge in [0.2, 0.25) is 5.91 Å². The molecule has 0 saturated carbocycles. The van der Waals surface area contributed by atoms with Crippen LogP contribution in [0.3, 0.4) is 0 Å². The highest BCUT2D eigenvalue weighted by Crippen LogP contribution is 2.29. The largest absolute Gasteiger partial charge is 0.322 e. The van der Waals surface area contributed by atoms with Gasteiger partial charge in [-0.3, -0.25) is 14.5 Å². The Morgan fingerprint density at radius 2 is 1.64 bits per heavy atom. The molecule has 0 bridgehead atoms. The zero-order chi connectivity index (χ0) is 25.9. The van der Waals surface area contributed by atoms with Crippen molar-refractivity contribution < 1.29 is 9.59 Å². The summed E-state index contributed by atoms with van der Waals surface area (Å²) in [6, 6.07) is 25.7. The number of para-hydroxylation sites is 1. The van der Waals surface area contributed by atoms with E-state index in [1.807, 2.05) is 54.6 Å². The molecule has 0 atom stereocenters. The minimum absolute atomic E-state index is 0.0971. The summed E-state index contributed by atoms with van der Waals surface area (Å²) < 4.78 is 1.75. The van der Waals surface area contributed by atoms with Crippen LogP contribution in [-0.4, -0.2) is 28.6 Å². The van der Waals surface area contributed by atoms with Crippen LogP contribution in [0.4, 0.5) is 11.5 Å². The Morgan fingerprint density at radius 1 is 0.944 bits per heavy atom. The predicted molar refractivity (Wildman–Crippen MR) is 145 cm³/mol. The fraction of sp³-hybridized carbons (Fsp3) is 0.207. The fourth-order valence-electron chi connectivity index (χ4n) is 3.69. The lowest BCUT2D eigenvalue weighted by atomic mass is 9.92. The van der Waals surface area contributed by atoms with Crippen LogP contribution in [0.5, 0.6) is 0 Å². The highest BCUT2D eigenvalue weighted by Gasteiger charge is 2.24. The molecule has 0 radical (unpaired) electrons. The lowest BCUT2D eigenvalue weighted by Crippen LogP contribution is -2.29. The molecule has 4 rings (SSSR count). The van der Waals surface area contributed by atoms with E-state index in [1.54, 1.807) is 47.0 Å². The molecule has 0 saturated heterocycles. The maximum absolute atomic E-state index is 13.3. The normalized spacial score (nSPS) is 11.2. The molecule has 0 aliphatic rings. The van der Waals surface area contributed by atoms with Crippen molar-refractivity contribution in [1.29, 1.82) is 0 Å². The van der Waals surface area contributed by atoms with E-state index in [0.717, 1.165) is 22.6 Å². The quantitative estimate of drug-likeness (QED) is 0.338. The zero-order valence-electron chi connectivity index (χ0n) is 20.8. The monoisotopic (exact) mass is 500 g/mol. The van der Waals surface area contributed by atoms with Crippen molar-refractivity contribution in [2.45, 2.75) is 32.6 Å². The summed E-state index contributed by atoms with van der Waals surface area (Å²) in [5.41, 5.74) is 3.52. The molecule has 4 aromatic rings. The van der Waals surface area contributed by atoms with Gasteiger partial charge >= 0.3 is 0 Å². The number of nitrogens with one attached hydrogen (secondary N) is 1.